The summed E-state index contributed by atoms with van der Waals surface area (Å²) < 4.78 is 0. The lowest BCUT2D eigenvalue weighted by Gasteiger charge is -1.87. The third-order valence-electron chi connectivity index (χ3n) is 0.542. The van der Waals surface area contributed by atoms with Crippen LogP contribution in [0.15, 0.2) is 36.5 Å². The van der Waals surface area contributed by atoms with Crippen molar-refractivity contribution in [2.75, 3.05) is 0 Å². The predicted molar refractivity (Wildman–Crippen MR) is 35.8 cm³/mol. The monoisotopic (exact) mass is 106 g/mol. The largest absolute Gasteiger partial charge is 0.508 e. The van der Waals surface area contributed by atoms with E-state index >= 15 is 0 Å². The summed E-state index contributed by atoms with van der Waals surface area (Å²) in [6.07, 6.45) is 2.62. The zero-order valence-electron chi connectivity index (χ0n) is 4.59. The first-order valence-corrected chi connectivity index (χ1v) is 2.14. The molecule has 0 rings (SSSR count). The van der Waals surface area contributed by atoms with Gasteiger partial charge in [0.25, 0.3) is 0 Å². The minimum Gasteiger partial charge on any atom is -0.508 e. The molecule has 0 aromatic carbocycles. The van der Waals surface area contributed by atoms with Crippen molar-refractivity contribution in [3.63, 3.8) is 0 Å². The average molecular weight is 106 g/mol. The summed E-state index contributed by atoms with van der Waals surface area (Å²) in [6, 6.07) is 0. The van der Waals surface area contributed by atoms with E-state index in [0.717, 1.165) is 0 Å². The van der Waals surface area contributed by atoms with E-state index in [2.05, 4.69) is 13.2 Å². The molecule has 0 saturated carbocycles. The second-order valence-corrected chi connectivity index (χ2v) is 1.35. The average Bonchev–Trinajstić information content (AvgIpc) is 1.65. The number of allylic oxidation sites excluding steroid dienone is 3. The van der Waals surface area contributed by atoms with E-state index in [1.165, 1.54) is 12.2 Å². The Hall–Kier alpha value is -0.915. The minimum absolute atomic E-state index is 0.0394. The van der Waals surface area contributed by atoms with Crippen LogP contribution >= 0.6 is 0 Å². The van der Waals surface area contributed by atoms with Gasteiger partial charge in [0.05, 0.1) is 0 Å². The molecule has 0 aromatic heterocycles. The Morgan fingerprint density at radius 2 is 2.12 bits per heavy atom. The van der Waals surface area contributed by atoms with Gasteiger partial charge in [0, 0.05) is 0 Å². The molecule has 2 heteroatoms. The van der Waals surface area contributed by atoms with Crippen molar-refractivity contribution in [1.82, 2.24) is 0 Å². The van der Waals surface area contributed by atoms with Crippen LogP contribution in [0.2, 0.25) is 0 Å². The predicted octanol–water partition coefficient (Wildman–Crippen LogP) is 1.30. The second-order valence-electron chi connectivity index (χ2n) is 1.35. The standard InChI is InChI=1S/C6H7BO/c1-3-6(8)4-5(2)7/h3-4,8H,1-2H2/b6-4+. The molecule has 0 aromatic rings. The molecule has 0 spiro atoms. The lowest BCUT2D eigenvalue weighted by molar-refractivity contribution is 0.433. The maximum atomic E-state index is 8.63. The molecular formula is C6H7BO. The van der Waals surface area contributed by atoms with Gasteiger partial charge in [-0.25, -0.2) is 0 Å². The van der Waals surface area contributed by atoms with Gasteiger partial charge in [-0.15, -0.1) is 12.1 Å². The summed E-state index contributed by atoms with van der Waals surface area (Å²) in [5.41, 5.74) is 0.322. The number of hydrogen-bond donors (Lipinski definition) is 1. The molecule has 0 unspecified atom stereocenters. The highest BCUT2D eigenvalue weighted by Gasteiger charge is 1.79. The van der Waals surface area contributed by atoms with Gasteiger partial charge in [0.15, 0.2) is 0 Å². The van der Waals surface area contributed by atoms with E-state index < -0.39 is 0 Å². The fraction of sp³-hybridized carbons (Fsp3) is 0. The Kier molecular flexibility index (Phi) is 2.78. The van der Waals surface area contributed by atoms with Crippen LogP contribution < -0.4 is 0 Å². The van der Waals surface area contributed by atoms with Crippen LogP contribution in [0, 0.1) is 0 Å². The highest BCUT2D eigenvalue weighted by atomic mass is 16.3. The van der Waals surface area contributed by atoms with Gasteiger partial charge in [0.2, 0.25) is 0 Å². The van der Waals surface area contributed by atoms with E-state index in [1.807, 2.05) is 0 Å². The van der Waals surface area contributed by atoms with Gasteiger partial charge in [0.1, 0.15) is 13.6 Å². The summed E-state index contributed by atoms with van der Waals surface area (Å²) in [4.78, 5) is 0. The zero-order chi connectivity index (χ0) is 6.57. The van der Waals surface area contributed by atoms with Crippen LogP contribution in [0.4, 0.5) is 0 Å². The fourth-order valence-corrected chi connectivity index (χ4v) is 0.249. The van der Waals surface area contributed by atoms with E-state index in [0.29, 0.717) is 5.47 Å². The highest BCUT2D eigenvalue weighted by Crippen LogP contribution is 1.92. The molecule has 40 valence electrons. The van der Waals surface area contributed by atoms with Crippen LogP contribution in [0.5, 0.6) is 0 Å². The quantitative estimate of drug-likeness (QED) is 0.319. The molecule has 1 N–H and O–H groups in total. The lowest BCUT2D eigenvalue weighted by Crippen LogP contribution is -1.75. The first-order valence-electron chi connectivity index (χ1n) is 2.14. The smallest absolute Gasteiger partial charge is 0.114 e. The van der Waals surface area contributed by atoms with E-state index in [4.69, 9.17) is 13.0 Å². The summed E-state index contributed by atoms with van der Waals surface area (Å²) >= 11 is 0. The van der Waals surface area contributed by atoms with Crippen molar-refractivity contribution in [3.05, 3.63) is 36.5 Å². The molecule has 0 fully saturated rings. The van der Waals surface area contributed by atoms with Gasteiger partial charge >= 0.3 is 0 Å². The highest BCUT2D eigenvalue weighted by molar-refractivity contribution is 6.23. The molecular weight excluding hydrogens is 98.9 g/mol. The summed E-state index contributed by atoms with van der Waals surface area (Å²) in [5.74, 6) is 0.0394. The minimum atomic E-state index is 0.0394. The molecule has 1 nitrogen and oxygen atoms in total. The normalized spacial score (nSPS) is 10.8. The van der Waals surface area contributed by atoms with Crippen molar-refractivity contribution in [2.45, 2.75) is 0 Å². The number of aliphatic hydroxyl groups is 1. The Bertz CT molecular complexity index is 135. The number of aliphatic hydroxyl groups excluding tert-OH is 1. The maximum Gasteiger partial charge on any atom is 0.114 e. The molecule has 0 saturated heterocycles. The zero-order valence-corrected chi connectivity index (χ0v) is 4.59. The van der Waals surface area contributed by atoms with Crippen molar-refractivity contribution in [2.24, 2.45) is 0 Å². The number of rotatable bonds is 2. The van der Waals surface area contributed by atoms with Gasteiger partial charge in [-0.1, -0.05) is 6.58 Å². The van der Waals surface area contributed by atoms with Gasteiger partial charge in [-0.2, -0.15) is 0 Å². The van der Waals surface area contributed by atoms with Crippen molar-refractivity contribution >= 4 is 7.85 Å². The van der Waals surface area contributed by atoms with E-state index in [1.54, 1.807) is 0 Å². The lowest BCUT2D eigenvalue weighted by atomic mass is 9.97. The van der Waals surface area contributed by atoms with Crippen molar-refractivity contribution < 1.29 is 5.11 Å². The third-order valence-corrected chi connectivity index (χ3v) is 0.542. The number of hydrogen-bond acceptors (Lipinski definition) is 1. The van der Waals surface area contributed by atoms with Crippen LogP contribution in [0.3, 0.4) is 0 Å². The van der Waals surface area contributed by atoms with E-state index in [9.17, 15) is 0 Å². The fourth-order valence-electron chi connectivity index (χ4n) is 0.249. The van der Waals surface area contributed by atoms with E-state index in [-0.39, 0.29) is 5.76 Å². The molecule has 8 heavy (non-hydrogen) atoms. The molecule has 0 bridgehead atoms. The van der Waals surface area contributed by atoms with Crippen LogP contribution in [-0.2, 0) is 0 Å². The van der Waals surface area contributed by atoms with Gasteiger partial charge in [-0.05, 0) is 12.2 Å². The first-order chi connectivity index (χ1) is 3.66. The first kappa shape index (κ1) is 7.08. The third kappa shape index (κ3) is 3.28. The molecule has 0 aliphatic carbocycles. The maximum absolute atomic E-state index is 8.63. The summed E-state index contributed by atoms with van der Waals surface area (Å²) in [6.45, 7) is 6.64. The molecule has 2 radical (unpaired) electrons. The van der Waals surface area contributed by atoms with Crippen LogP contribution in [0.25, 0.3) is 0 Å². The molecule has 0 aliphatic heterocycles. The van der Waals surface area contributed by atoms with Crippen molar-refractivity contribution in [3.8, 4) is 0 Å². The molecule has 0 heterocycles. The summed E-state index contributed by atoms with van der Waals surface area (Å²) in [5, 5.41) is 8.63. The van der Waals surface area contributed by atoms with Gasteiger partial charge in [-0.3, -0.25) is 0 Å². The SMILES string of the molecule is [B]C(=C)/C=C(/O)C=C. The van der Waals surface area contributed by atoms with Crippen molar-refractivity contribution in [1.29, 1.82) is 0 Å². The Labute approximate surface area is 50.4 Å². The Morgan fingerprint density at radius 1 is 1.62 bits per heavy atom. The topological polar surface area (TPSA) is 20.2 Å². The summed E-state index contributed by atoms with van der Waals surface area (Å²) in [7, 11) is 5.09. The van der Waals surface area contributed by atoms with Crippen LogP contribution in [-0.4, -0.2) is 13.0 Å². The molecule has 0 aliphatic rings. The second kappa shape index (κ2) is 3.13. The molecule has 0 atom stereocenters. The van der Waals surface area contributed by atoms with Crippen LogP contribution in [0.1, 0.15) is 0 Å². The Morgan fingerprint density at radius 3 is 2.25 bits per heavy atom. The van der Waals surface area contributed by atoms with Gasteiger partial charge < -0.3 is 5.11 Å². The Balaban J connectivity index is 3.94. The molecule has 0 amide bonds.